The number of nitrogens with two attached hydrogens (primary N) is 1. The molecule has 5 N–H and O–H groups in total. The molecule has 1 radical (unpaired) electrons. The third kappa shape index (κ3) is 6.67. The lowest BCUT2D eigenvalue weighted by Gasteiger charge is -2.34. The van der Waals surface area contributed by atoms with Gasteiger partial charge in [-0.25, -0.2) is 4.39 Å². The molecule has 5 rings (SSSR count). The van der Waals surface area contributed by atoms with Gasteiger partial charge in [0, 0.05) is 43.1 Å². The Morgan fingerprint density at radius 2 is 1.72 bits per heavy atom. The van der Waals surface area contributed by atoms with Crippen LogP contribution in [0.25, 0.3) is 0 Å². The number of hydrogen-bond donors (Lipinski definition) is 4. The van der Waals surface area contributed by atoms with Gasteiger partial charge in [-0.15, -0.1) is 0 Å². The molecule has 4 amide bonds. The predicted molar refractivity (Wildman–Crippen MR) is 159 cm³/mol. The summed E-state index contributed by atoms with van der Waals surface area (Å²) in [4.78, 5) is 54.6. The van der Waals surface area contributed by atoms with E-state index in [0.29, 0.717) is 43.0 Å². The highest BCUT2D eigenvalue weighted by molar-refractivity contribution is 6.06. The molecule has 10 nitrogen and oxygen atoms in total. The van der Waals surface area contributed by atoms with Crippen LogP contribution in [0.3, 0.4) is 0 Å². The summed E-state index contributed by atoms with van der Waals surface area (Å²) in [6.45, 7) is 2.66. The van der Waals surface area contributed by atoms with Crippen molar-refractivity contribution in [2.45, 2.75) is 38.4 Å². The molecule has 11 heteroatoms. The van der Waals surface area contributed by atoms with Crippen molar-refractivity contribution in [3.63, 3.8) is 0 Å². The number of carbonyl (C=O) groups is 4. The molecule has 0 unspecified atom stereocenters. The molecule has 2 aliphatic rings. The zero-order chi connectivity index (χ0) is 30.5. The summed E-state index contributed by atoms with van der Waals surface area (Å²) in [5.74, 6) is -2.87. The number of hydrogen-bond acceptors (Lipinski definition) is 6. The first-order valence-electron chi connectivity index (χ1n) is 14.1. The number of benzene rings is 3. The maximum atomic E-state index is 15.0. The number of nitrogens with zero attached hydrogens (tertiary/aromatic N) is 1. The number of nitrogens with one attached hydrogen (secondary N) is 3. The Morgan fingerprint density at radius 3 is 2.44 bits per heavy atom. The summed E-state index contributed by atoms with van der Waals surface area (Å²) in [6, 6.07) is 15.4. The number of rotatable bonds is 8. The molecule has 1 fully saturated rings. The van der Waals surface area contributed by atoms with Crippen LogP contribution in [0, 0.1) is 18.2 Å². The standard InChI is InChI=1S/C32H33FN5O5/c1-2-27(39)37-28(19-13-15-43-16-14-19)32(42)38-18-21-5-3-4-6-24(21)29(38)31(41)36-26-17-20(7-12-25(26)33)30(40)35-23-10-8-22(34)9-11-23/h2-12,17,19,28-29H,13-16,18,34H2,1H3,(H,35,40)(H,36,41)(H,37,39)/t28-,29-/m0/s1. The number of amides is 4. The Balaban J connectivity index is 1.40. The molecule has 223 valence electrons. The Bertz CT molecular complexity index is 1520. The first-order valence-corrected chi connectivity index (χ1v) is 14.1. The third-order valence-electron chi connectivity index (χ3n) is 7.75. The average Bonchev–Trinajstić information content (AvgIpc) is 3.42. The maximum absolute atomic E-state index is 15.0. The summed E-state index contributed by atoms with van der Waals surface area (Å²) in [6.07, 6.45) is 2.50. The van der Waals surface area contributed by atoms with E-state index in [1.54, 1.807) is 43.3 Å². The van der Waals surface area contributed by atoms with Crippen LogP contribution in [0.5, 0.6) is 0 Å². The lowest BCUT2D eigenvalue weighted by Crippen LogP contribution is -2.53. The molecular weight excluding hydrogens is 553 g/mol. The number of ether oxygens (including phenoxy) is 1. The quantitative estimate of drug-likeness (QED) is 0.296. The molecule has 0 aliphatic carbocycles. The minimum Gasteiger partial charge on any atom is -0.399 e. The molecule has 0 spiro atoms. The first kappa shape index (κ1) is 29.7. The SMILES string of the molecule is C[CH]C(=O)N[C@H](C(=O)N1Cc2ccccc2[C@H]1C(=O)Nc1cc(C(=O)Nc2ccc(N)cc2)ccc1F)C1CCOCC1. The van der Waals surface area contributed by atoms with Gasteiger partial charge in [0.1, 0.15) is 17.9 Å². The summed E-state index contributed by atoms with van der Waals surface area (Å²) < 4.78 is 20.4. The van der Waals surface area contributed by atoms with Gasteiger partial charge in [0.2, 0.25) is 11.8 Å². The normalized spacial score (nSPS) is 17.1. The molecule has 2 aliphatic heterocycles. The van der Waals surface area contributed by atoms with E-state index in [2.05, 4.69) is 16.0 Å². The van der Waals surface area contributed by atoms with Gasteiger partial charge in [0.25, 0.3) is 11.8 Å². The van der Waals surface area contributed by atoms with Gasteiger partial charge in [0.05, 0.1) is 5.69 Å². The molecule has 0 aromatic heterocycles. The topological polar surface area (TPSA) is 143 Å². The number of halogens is 1. The zero-order valence-corrected chi connectivity index (χ0v) is 23.6. The van der Waals surface area contributed by atoms with Crippen LogP contribution in [-0.4, -0.2) is 47.8 Å². The number of nitrogen functional groups attached to an aromatic ring is 1. The van der Waals surface area contributed by atoms with Crippen LogP contribution in [0.1, 0.15) is 47.3 Å². The fourth-order valence-corrected chi connectivity index (χ4v) is 5.45. The Hall–Kier alpha value is -4.77. The zero-order valence-electron chi connectivity index (χ0n) is 23.6. The van der Waals surface area contributed by atoms with E-state index >= 15 is 0 Å². The maximum Gasteiger partial charge on any atom is 0.255 e. The fourth-order valence-electron chi connectivity index (χ4n) is 5.45. The van der Waals surface area contributed by atoms with Gasteiger partial charge in [0.15, 0.2) is 0 Å². The van der Waals surface area contributed by atoms with Crippen molar-refractivity contribution < 1.29 is 28.3 Å². The van der Waals surface area contributed by atoms with Crippen molar-refractivity contribution in [3.05, 3.63) is 95.7 Å². The molecule has 2 heterocycles. The lowest BCUT2D eigenvalue weighted by atomic mass is 9.90. The highest BCUT2D eigenvalue weighted by Crippen LogP contribution is 2.36. The van der Waals surface area contributed by atoms with Gasteiger partial charge in [-0.05, 0) is 72.4 Å². The van der Waals surface area contributed by atoms with Crippen LogP contribution >= 0.6 is 0 Å². The Morgan fingerprint density at radius 1 is 1.00 bits per heavy atom. The van der Waals surface area contributed by atoms with Gasteiger partial charge < -0.3 is 31.3 Å². The van der Waals surface area contributed by atoms with Crippen LogP contribution < -0.4 is 21.7 Å². The van der Waals surface area contributed by atoms with Crippen LogP contribution in [0.4, 0.5) is 21.5 Å². The number of carbonyl (C=O) groups excluding carboxylic acids is 4. The summed E-state index contributed by atoms with van der Waals surface area (Å²) in [5.41, 5.74) is 8.02. The van der Waals surface area contributed by atoms with Crippen LogP contribution in [0.15, 0.2) is 66.7 Å². The second-order valence-corrected chi connectivity index (χ2v) is 10.6. The molecule has 3 aromatic rings. The molecule has 0 saturated carbocycles. The van der Waals surface area contributed by atoms with Crippen LogP contribution in [-0.2, 0) is 25.7 Å². The van der Waals surface area contributed by atoms with E-state index in [-0.39, 0.29) is 23.7 Å². The fraction of sp³-hybridized carbons (Fsp3) is 0.281. The van der Waals surface area contributed by atoms with Crippen molar-refractivity contribution in [1.29, 1.82) is 0 Å². The molecular formula is C32H33FN5O5. The van der Waals surface area contributed by atoms with E-state index in [9.17, 15) is 23.6 Å². The lowest BCUT2D eigenvalue weighted by molar-refractivity contribution is -0.143. The van der Waals surface area contributed by atoms with Crippen molar-refractivity contribution in [3.8, 4) is 0 Å². The smallest absolute Gasteiger partial charge is 0.255 e. The van der Waals surface area contributed by atoms with Crippen molar-refractivity contribution in [2.24, 2.45) is 5.92 Å². The predicted octanol–water partition coefficient (Wildman–Crippen LogP) is 3.82. The van der Waals surface area contributed by atoms with E-state index < -0.39 is 41.5 Å². The van der Waals surface area contributed by atoms with E-state index in [4.69, 9.17) is 10.5 Å². The van der Waals surface area contributed by atoms with Crippen molar-refractivity contribution in [1.82, 2.24) is 10.2 Å². The molecule has 2 atom stereocenters. The van der Waals surface area contributed by atoms with Gasteiger partial charge in [-0.1, -0.05) is 31.2 Å². The van der Waals surface area contributed by atoms with Crippen LogP contribution in [0.2, 0.25) is 0 Å². The molecule has 1 saturated heterocycles. The highest BCUT2D eigenvalue weighted by atomic mass is 19.1. The van der Waals surface area contributed by atoms with Crippen molar-refractivity contribution in [2.75, 3.05) is 29.6 Å². The van der Waals surface area contributed by atoms with Gasteiger partial charge >= 0.3 is 0 Å². The third-order valence-corrected chi connectivity index (χ3v) is 7.75. The summed E-state index contributed by atoms with van der Waals surface area (Å²) in [7, 11) is 0. The minimum absolute atomic E-state index is 0.117. The number of anilines is 3. The van der Waals surface area contributed by atoms with Gasteiger partial charge in [-0.2, -0.15) is 0 Å². The van der Waals surface area contributed by atoms with E-state index in [0.717, 1.165) is 11.6 Å². The van der Waals surface area contributed by atoms with Gasteiger partial charge in [-0.3, -0.25) is 19.2 Å². The van der Waals surface area contributed by atoms with E-state index in [1.165, 1.54) is 23.5 Å². The largest absolute Gasteiger partial charge is 0.399 e. The molecule has 3 aromatic carbocycles. The summed E-state index contributed by atoms with van der Waals surface area (Å²) >= 11 is 0. The number of fused-ring (bicyclic) bond motifs is 1. The highest BCUT2D eigenvalue weighted by Gasteiger charge is 2.43. The molecule has 0 bridgehead atoms. The monoisotopic (exact) mass is 586 g/mol. The second kappa shape index (κ2) is 13.0. The first-order chi connectivity index (χ1) is 20.7. The second-order valence-electron chi connectivity index (χ2n) is 10.6. The average molecular weight is 587 g/mol. The Labute approximate surface area is 248 Å². The Kier molecular flexibility index (Phi) is 9.01. The minimum atomic E-state index is -1.08. The van der Waals surface area contributed by atoms with Crippen molar-refractivity contribution >= 4 is 40.7 Å². The summed E-state index contributed by atoms with van der Waals surface area (Å²) in [5, 5.41) is 8.12. The van der Waals surface area contributed by atoms with E-state index in [1.807, 2.05) is 12.1 Å². The molecule has 43 heavy (non-hydrogen) atoms.